The minimum Gasteiger partial charge on any atom is -0.495 e. The van der Waals surface area contributed by atoms with Gasteiger partial charge in [-0.3, -0.25) is 4.57 Å². The van der Waals surface area contributed by atoms with Crippen LogP contribution in [0.2, 0.25) is 0 Å². The number of aromatic nitrogens is 2. The summed E-state index contributed by atoms with van der Waals surface area (Å²) in [6, 6.07) is 6.15. The third kappa shape index (κ3) is 3.39. The normalized spacial score (nSPS) is 11.7. The molecule has 4 heteroatoms. The molecule has 1 heterocycles. The molecule has 2 rings (SSSR count). The van der Waals surface area contributed by atoms with E-state index in [0.717, 1.165) is 23.7 Å². The molecule has 0 spiro atoms. The van der Waals surface area contributed by atoms with Gasteiger partial charge in [0.15, 0.2) is 0 Å². The highest BCUT2D eigenvalue weighted by atomic mass is 16.5. The fourth-order valence-corrected chi connectivity index (χ4v) is 2.01. The zero-order chi connectivity index (χ0) is 14.8. The third-order valence-corrected chi connectivity index (χ3v) is 3.11. The molecule has 4 nitrogen and oxygen atoms in total. The van der Waals surface area contributed by atoms with Crippen LogP contribution in [-0.2, 0) is 6.54 Å². The summed E-state index contributed by atoms with van der Waals surface area (Å²) in [5, 5.41) is 3.48. The number of methoxy groups -OCH3 is 1. The van der Waals surface area contributed by atoms with Gasteiger partial charge in [0.1, 0.15) is 5.75 Å². The number of rotatable bonds is 4. The van der Waals surface area contributed by atoms with E-state index >= 15 is 0 Å². The molecule has 0 aliphatic rings. The minimum absolute atomic E-state index is 0.0752. The molecule has 0 bridgehead atoms. The second kappa shape index (κ2) is 5.67. The molecule has 1 N–H and O–H groups in total. The van der Waals surface area contributed by atoms with Crippen LogP contribution in [0.3, 0.4) is 0 Å². The summed E-state index contributed by atoms with van der Waals surface area (Å²) in [5.74, 6) is 0.852. The summed E-state index contributed by atoms with van der Waals surface area (Å²) in [6.07, 6.45) is 3.72. The number of aryl methyl sites for hydroxylation is 1. The summed E-state index contributed by atoms with van der Waals surface area (Å²) in [7, 11) is 1.69. The van der Waals surface area contributed by atoms with Gasteiger partial charge in [-0.05, 0) is 45.4 Å². The highest BCUT2D eigenvalue weighted by molar-refractivity contribution is 5.49. The average molecular weight is 273 g/mol. The largest absolute Gasteiger partial charge is 0.495 e. The first-order chi connectivity index (χ1) is 9.40. The Bertz CT molecular complexity index is 582. The third-order valence-electron chi connectivity index (χ3n) is 3.11. The lowest BCUT2D eigenvalue weighted by molar-refractivity contribution is 0.409. The molecule has 0 aliphatic heterocycles. The SMILES string of the molecule is COc1ccc(C)cc1-n1cncc1CNC(C)(C)C. The Hall–Kier alpha value is -1.81. The molecule has 0 radical (unpaired) electrons. The monoisotopic (exact) mass is 273 g/mol. The van der Waals surface area contributed by atoms with Crippen molar-refractivity contribution >= 4 is 0 Å². The second-order valence-electron chi connectivity index (χ2n) is 6.03. The molecule has 0 amide bonds. The summed E-state index contributed by atoms with van der Waals surface area (Å²) in [5.41, 5.74) is 3.41. The summed E-state index contributed by atoms with van der Waals surface area (Å²) in [4.78, 5) is 4.27. The van der Waals surface area contributed by atoms with Crippen molar-refractivity contribution in [1.29, 1.82) is 0 Å². The van der Waals surface area contributed by atoms with Crippen molar-refractivity contribution < 1.29 is 4.74 Å². The van der Waals surface area contributed by atoms with Crippen molar-refractivity contribution in [2.24, 2.45) is 0 Å². The molecular formula is C16H23N3O. The van der Waals surface area contributed by atoms with Crippen molar-refractivity contribution in [3.8, 4) is 11.4 Å². The number of ether oxygens (including phenoxy) is 1. The predicted molar refractivity (Wildman–Crippen MR) is 81.4 cm³/mol. The summed E-state index contributed by atoms with van der Waals surface area (Å²) >= 11 is 0. The fourth-order valence-electron chi connectivity index (χ4n) is 2.01. The Kier molecular flexibility index (Phi) is 4.14. The van der Waals surface area contributed by atoms with E-state index in [-0.39, 0.29) is 5.54 Å². The van der Waals surface area contributed by atoms with E-state index in [1.54, 1.807) is 7.11 Å². The number of imidazole rings is 1. The van der Waals surface area contributed by atoms with Crippen LogP contribution in [-0.4, -0.2) is 22.2 Å². The first kappa shape index (κ1) is 14.6. The zero-order valence-corrected chi connectivity index (χ0v) is 12.9. The molecule has 0 saturated heterocycles. The molecule has 0 fully saturated rings. The smallest absolute Gasteiger partial charge is 0.142 e. The Morgan fingerprint density at radius 1 is 1.30 bits per heavy atom. The van der Waals surface area contributed by atoms with E-state index in [1.807, 2.05) is 24.7 Å². The number of hydrogen-bond acceptors (Lipinski definition) is 3. The Labute approximate surface area is 120 Å². The number of nitrogens with zero attached hydrogens (tertiary/aromatic N) is 2. The fraction of sp³-hybridized carbons (Fsp3) is 0.438. The van der Waals surface area contributed by atoms with Gasteiger partial charge < -0.3 is 10.1 Å². The quantitative estimate of drug-likeness (QED) is 0.930. The molecule has 0 atom stereocenters. The van der Waals surface area contributed by atoms with Crippen molar-refractivity contribution in [1.82, 2.24) is 14.9 Å². The van der Waals surface area contributed by atoms with E-state index in [1.165, 1.54) is 5.56 Å². The van der Waals surface area contributed by atoms with Gasteiger partial charge in [-0.15, -0.1) is 0 Å². The van der Waals surface area contributed by atoms with E-state index in [2.05, 4.69) is 48.6 Å². The van der Waals surface area contributed by atoms with Crippen LogP contribution in [0, 0.1) is 6.92 Å². The van der Waals surface area contributed by atoms with Crippen molar-refractivity contribution in [2.75, 3.05) is 7.11 Å². The molecule has 1 aromatic heterocycles. The minimum atomic E-state index is 0.0752. The van der Waals surface area contributed by atoms with Crippen molar-refractivity contribution in [3.05, 3.63) is 42.0 Å². The Balaban J connectivity index is 2.34. The van der Waals surface area contributed by atoms with Crippen LogP contribution in [0.1, 0.15) is 32.0 Å². The highest BCUT2D eigenvalue weighted by Gasteiger charge is 2.13. The first-order valence-electron chi connectivity index (χ1n) is 6.82. The molecule has 0 aliphatic carbocycles. The number of benzene rings is 1. The zero-order valence-electron chi connectivity index (χ0n) is 12.9. The van der Waals surface area contributed by atoms with E-state index in [4.69, 9.17) is 4.74 Å². The lowest BCUT2D eigenvalue weighted by Crippen LogP contribution is -2.35. The van der Waals surface area contributed by atoms with Crippen LogP contribution in [0.25, 0.3) is 5.69 Å². The molecule has 2 aromatic rings. The van der Waals surface area contributed by atoms with Crippen LogP contribution in [0.15, 0.2) is 30.7 Å². The van der Waals surface area contributed by atoms with E-state index in [0.29, 0.717) is 0 Å². The van der Waals surface area contributed by atoms with Crippen LogP contribution in [0.5, 0.6) is 5.75 Å². The Morgan fingerprint density at radius 2 is 2.05 bits per heavy atom. The molecule has 108 valence electrons. The van der Waals surface area contributed by atoms with Crippen LogP contribution < -0.4 is 10.1 Å². The lowest BCUT2D eigenvalue weighted by Gasteiger charge is -2.21. The maximum absolute atomic E-state index is 5.46. The van der Waals surface area contributed by atoms with Gasteiger partial charge in [-0.1, -0.05) is 6.07 Å². The van der Waals surface area contributed by atoms with Gasteiger partial charge in [-0.25, -0.2) is 4.98 Å². The topological polar surface area (TPSA) is 39.1 Å². The standard InChI is InChI=1S/C16H23N3O/c1-12-6-7-15(20-5)14(8-12)19-11-17-9-13(19)10-18-16(2,3)4/h6-9,11,18H,10H2,1-5H3. The van der Waals surface area contributed by atoms with Gasteiger partial charge in [0, 0.05) is 18.3 Å². The van der Waals surface area contributed by atoms with Crippen molar-refractivity contribution in [3.63, 3.8) is 0 Å². The molecular weight excluding hydrogens is 250 g/mol. The maximum Gasteiger partial charge on any atom is 0.142 e. The van der Waals surface area contributed by atoms with Crippen molar-refractivity contribution in [2.45, 2.75) is 39.8 Å². The predicted octanol–water partition coefficient (Wildman–Crippen LogP) is 3.08. The van der Waals surface area contributed by atoms with Gasteiger partial charge in [0.2, 0.25) is 0 Å². The Morgan fingerprint density at radius 3 is 2.70 bits per heavy atom. The summed E-state index contributed by atoms with van der Waals surface area (Å²) in [6.45, 7) is 9.30. The van der Waals surface area contributed by atoms with Gasteiger partial charge >= 0.3 is 0 Å². The molecule has 0 unspecified atom stereocenters. The molecule has 1 aromatic carbocycles. The molecule has 20 heavy (non-hydrogen) atoms. The van der Waals surface area contributed by atoms with Crippen LogP contribution in [0.4, 0.5) is 0 Å². The van der Waals surface area contributed by atoms with E-state index < -0.39 is 0 Å². The van der Waals surface area contributed by atoms with E-state index in [9.17, 15) is 0 Å². The molecule has 0 saturated carbocycles. The lowest BCUT2D eigenvalue weighted by atomic mass is 10.1. The second-order valence-corrected chi connectivity index (χ2v) is 6.03. The van der Waals surface area contributed by atoms with Crippen LogP contribution >= 0.6 is 0 Å². The van der Waals surface area contributed by atoms with Gasteiger partial charge in [0.05, 0.1) is 24.8 Å². The number of nitrogens with one attached hydrogen (secondary N) is 1. The summed E-state index contributed by atoms with van der Waals surface area (Å²) < 4.78 is 7.53. The number of hydrogen-bond donors (Lipinski definition) is 1. The average Bonchev–Trinajstić information content (AvgIpc) is 2.83. The maximum atomic E-state index is 5.46. The first-order valence-corrected chi connectivity index (χ1v) is 6.82. The highest BCUT2D eigenvalue weighted by Crippen LogP contribution is 2.25. The van der Waals surface area contributed by atoms with Gasteiger partial charge in [0.25, 0.3) is 0 Å². The van der Waals surface area contributed by atoms with Gasteiger partial charge in [-0.2, -0.15) is 0 Å².